The maximum atomic E-state index is 13.9. The van der Waals surface area contributed by atoms with Crippen LogP contribution in [0.15, 0.2) is 47.0 Å². The van der Waals surface area contributed by atoms with Crippen molar-refractivity contribution in [2.45, 2.75) is 77.4 Å². The lowest BCUT2D eigenvalue weighted by atomic mass is 9.91. The average Bonchev–Trinajstić information content (AvgIpc) is 3.82. The third-order valence-electron chi connectivity index (χ3n) is 9.93. The Morgan fingerprint density at radius 3 is 2.18 bits per heavy atom. The van der Waals surface area contributed by atoms with E-state index in [-0.39, 0.29) is 41.2 Å². The van der Waals surface area contributed by atoms with Gasteiger partial charge in [-0.25, -0.2) is 4.39 Å². The van der Waals surface area contributed by atoms with E-state index in [0.29, 0.717) is 61.6 Å². The van der Waals surface area contributed by atoms with Gasteiger partial charge >= 0.3 is 0 Å². The van der Waals surface area contributed by atoms with E-state index in [9.17, 15) is 28.4 Å². The first-order valence-electron chi connectivity index (χ1n) is 18.5. The number of piperidine rings is 1. The molecule has 0 unspecified atom stereocenters. The van der Waals surface area contributed by atoms with Crippen molar-refractivity contribution in [3.63, 3.8) is 0 Å². The highest BCUT2D eigenvalue weighted by Crippen LogP contribution is 2.34. The number of carbonyl (C=O) groups excluding carboxylic acids is 5. The highest BCUT2D eigenvalue weighted by Gasteiger charge is 2.41. The van der Waals surface area contributed by atoms with Crippen molar-refractivity contribution in [2.24, 2.45) is 11.8 Å². The number of fused-ring (bicyclic) bond motifs is 1. The van der Waals surface area contributed by atoms with Crippen LogP contribution in [0.4, 0.5) is 10.1 Å². The van der Waals surface area contributed by atoms with Gasteiger partial charge in [0.05, 0.1) is 18.8 Å². The molecule has 5 rings (SSSR count). The van der Waals surface area contributed by atoms with Gasteiger partial charge in [0.2, 0.25) is 29.5 Å². The fourth-order valence-corrected chi connectivity index (χ4v) is 7.24. The molecule has 2 saturated heterocycles. The van der Waals surface area contributed by atoms with Gasteiger partial charge in [0.25, 0.3) is 0 Å². The molecule has 3 atom stereocenters. The molecule has 2 aliphatic rings. The minimum Gasteiger partial charge on any atom is -0.356 e. The van der Waals surface area contributed by atoms with Crippen LogP contribution in [0, 0.1) is 17.7 Å². The molecule has 0 spiro atoms. The number of rotatable bonds is 13. The van der Waals surface area contributed by atoms with Crippen LogP contribution in [0.1, 0.15) is 65.0 Å². The molecule has 296 valence electrons. The molecule has 2 aromatic carbocycles. The lowest BCUT2D eigenvalue weighted by Crippen LogP contribution is -2.57. The second kappa shape index (κ2) is 18.7. The highest BCUT2D eigenvalue weighted by molar-refractivity contribution is 7.80. The highest BCUT2D eigenvalue weighted by atomic mass is 35.5. The lowest BCUT2D eigenvalue weighted by Gasteiger charge is -2.36. The first-order valence-corrected chi connectivity index (χ1v) is 19.3. The first kappa shape index (κ1) is 41.3. The molecule has 14 nitrogen and oxygen atoms in total. The number of nitrogens with zero attached hydrogens (tertiary/aromatic N) is 3. The van der Waals surface area contributed by atoms with E-state index in [1.54, 1.807) is 67.8 Å². The summed E-state index contributed by atoms with van der Waals surface area (Å²) < 4.78 is 19.0. The summed E-state index contributed by atoms with van der Waals surface area (Å²) in [4.78, 5) is 69.9. The summed E-state index contributed by atoms with van der Waals surface area (Å²) in [6.45, 7) is 7.84. The molecular formula is C38H48ClFN8O6S. The summed E-state index contributed by atoms with van der Waals surface area (Å²) in [6.07, 6.45) is 2.46. The van der Waals surface area contributed by atoms with E-state index < -0.39 is 48.2 Å². The Balaban J connectivity index is 1.09. The fraction of sp³-hybridized carbons (Fsp3) is 0.500. The quantitative estimate of drug-likeness (QED) is 0.160. The number of likely N-dealkylation sites (tertiary alicyclic amines) is 2. The Morgan fingerprint density at radius 2 is 1.53 bits per heavy atom. The van der Waals surface area contributed by atoms with Gasteiger partial charge in [0.1, 0.15) is 23.9 Å². The van der Waals surface area contributed by atoms with Gasteiger partial charge in [-0.1, -0.05) is 44.5 Å². The molecular weight excluding hydrogens is 751 g/mol. The molecule has 0 aliphatic carbocycles. The molecule has 0 saturated carbocycles. The van der Waals surface area contributed by atoms with E-state index in [2.05, 4.69) is 31.7 Å². The maximum absolute atomic E-state index is 13.9. The Bertz CT molecular complexity index is 1880. The van der Waals surface area contributed by atoms with Gasteiger partial charge in [-0.15, -0.1) is 0 Å². The smallest absolute Gasteiger partial charge is 0.246 e. The van der Waals surface area contributed by atoms with Crippen LogP contribution in [0.2, 0.25) is 5.02 Å². The third-order valence-corrected chi connectivity index (χ3v) is 10.4. The summed E-state index contributed by atoms with van der Waals surface area (Å²) in [5.74, 6) is -3.07. The van der Waals surface area contributed by atoms with Gasteiger partial charge in [-0.2, -0.15) is 0 Å². The molecule has 1 aromatic heterocycles. The summed E-state index contributed by atoms with van der Waals surface area (Å²) in [6, 6.07) is 8.69. The van der Waals surface area contributed by atoms with Crippen LogP contribution < -0.4 is 26.6 Å². The van der Waals surface area contributed by atoms with Gasteiger partial charge < -0.3 is 40.9 Å². The number of amides is 5. The second-order valence-electron chi connectivity index (χ2n) is 14.6. The second-order valence-corrected chi connectivity index (χ2v) is 15.5. The van der Waals surface area contributed by atoms with E-state index in [0.717, 1.165) is 11.1 Å². The molecule has 17 heteroatoms. The zero-order chi connectivity index (χ0) is 39.8. The molecule has 55 heavy (non-hydrogen) atoms. The molecule has 5 N–H and O–H groups in total. The number of hydrogen-bond acceptors (Lipinski definition) is 8. The van der Waals surface area contributed by atoms with Crippen LogP contribution in [0.25, 0.3) is 11.0 Å². The number of aromatic nitrogens is 1. The normalized spacial score (nSPS) is 17.2. The predicted octanol–water partition coefficient (Wildman–Crippen LogP) is 3.70. The van der Waals surface area contributed by atoms with Crippen molar-refractivity contribution in [1.29, 1.82) is 0 Å². The minimum absolute atomic E-state index is 0.0508. The van der Waals surface area contributed by atoms with Crippen LogP contribution >= 0.6 is 23.8 Å². The zero-order valence-corrected chi connectivity index (χ0v) is 32.9. The fourth-order valence-electron chi connectivity index (χ4n) is 6.92. The number of anilines is 1. The predicted molar refractivity (Wildman–Crippen MR) is 209 cm³/mol. The van der Waals surface area contributed by atoms with Crippen molar-refractivity contribution in [3.8, 4) is 0 Å². The summed E-state index contributed by atoms with van der Waals surface area (Å²) in [5.41, 5.74) is 1.83. The molecule has 3 aromatic rings. The molecule has 0 bridgehead atoms. The van der Waals surface area contributed by atoms with E-state index in [1.165, 1.54) is 12.1 Å². The number of nitrogens with one attached hydrogen (secondary N) is 5. The summed E-state index contributed by atoms with van der Waals surface area (Å²) in [5, 5.41) is 19.5. The van der Waals surface area contributed by atoms with Crippen LogP contribution in [-0.4, -0.2) is 100 Å². The van der Waals surface area contributed by atoms with Crippen LogP contribution in [0.3, 0.4) is 0 Å². The van der Waals surface area contributed by atoms with Crippen molar-refractivity contribution in [1.82, 2.24) is 36.2 Å². The minimum atomic E-state index is -0.941. The van der Waals surface area contributed by atoms with Crippen LogP contribution in [-0.2, 0) is 24.0 Å². The van der Waals surface area contributed by atoms with Crippen LogP contribution in [0.5, 0.6) is 0 Å². The van der Waals surface area contributed by atoms with Crippen molar-refractivity contribution < 1.29 is 32.9 Å². The molecule has 2 fully saturated rings. The van der Waals surface area contributed by atoms with Gasteiger partial charge in [0.15, 0.2) is 10.7 Å². The number of carbonyl (C=O) groups is 5. The van der Waals surface area contributed by atoms with Gasteiger partial charge in [-0.3, -0.25) is 24.0 Å². The SMILES string of the molecule is CC(C)[C@H](NC(=O)CNC(=S)Nc1ccc(Cl)cc1)C(=O)NCC(=O)N[C@H](C(=O)N1CCC[C@H]1C(=O)N1CCC(c2noc3cc(F)ccc23)CC1)C(C)C. The molecule has 0 radical (unpaired) electrons. The molecule has 3 heterocycles. The molecule has 5 amide bonds. The molecule has 2 aliphatic heterocycles. The Labute approximate surface area is 329 Å². The summed E-state index contributed by atoms with van der Waals surface area (Å²) >= 11 is 11.1. The topological polar surface area (TPSA) is 178 Å². The first-order chi connectivity index (χ1) is 26.2. The average molecular weight is 799 g/mol. The zero-order valence-electron chi connectivity index (χ0n) is 31.3. The van der Waals surface area contributed by atoms with E-state index in [4.69, 9.17) is 28.3 Å². The van der Waals surface area contributed by atoms with Gasteiger partial charge in [-0.05, 0) is 86.1 Å². The van der Waals surface area contributed by atoms with Crippen molar-refractivity contribution >= 4 is 75.1 Å². The third kappa shape index (κ3) is 10.7. The number of halogens is 2. The van der Waals surface area contributed by atoms with Gasteiger partial charge in [0, 0.05) is 47.7 Å². The largest absolute Gasteiger partial charge is 0.356 e. The Morgan fingerprint density at radius 1 is 0.891 bits per heavy atom. The Hall–Kier alpha value is -4.83. The monoisotopic (exact) mass is 798 g/mol. The van der Waals surface area contributed by atoms with Crippen molar-refractivity contribution in [3.05, 3.63) is 59.0 Å². The van der Waals surface area contributed by atoms with E-state index in [1.807, 2.05) is 0 Å². The van der Waals surface area contributed by atoms with E-state index >= 15 is 0 Å². The lowest BCUT2D eigenvalue weighted by molar-refractivity contribution is -0.146. The summed E-state index contributed by atoms with van der Waals surface area (Å²) in [7, 11) is 0. The number of thiocarbonyl (C=S) groups is 1. The maximum Gasteiger partial charge on any atom is 0.246 e. The number of benzene rings is 2. The Kier molecular flexibility index (Phi) is 14.0. The van der Waals surface area contributed by atoms with Crippen molar-refractivity contribution in [2.75, 3.05) is 38.0 Å². The standard InChI is InChI=1S/C38H48ClFN8O6S/c1-21(2)32(44-31(50)20-42-38(55)43-26-10-7-24(39)8-11-26)35(51)41-19-30(49)45-33(22(3)4)37(53)48-15-5-6-28(48)36(52)47-16-13-23(14-17-47)34-27-12-9-25(40)18-29(27)54-46-34/h7-12,18,21-23,28,32-33H,5-6,13-17,19-20H2,1-4H3,(H,41,51)(H,44,50)(H,45,49)(H2,42,43,55)/t28-,32-,33-/m0/s1. The number of hydrogen-bond donors (Lipinski definition) is 5.